The Bertz CT molecular complexity index is 631. The van der Waals surface area contributed by atoms with Crippen molar-refractivity contribution in [2.24, 2.45) is 0 Å². The molecule has 2 rings (SSSR count). The molecule has 1 atom stereocenters. The van der Waals surface area contributed by atoms with Crippen molar-refractivity contribution in [1.82, 2.24) is 10.3 Å². The summed E-state index contributed by atoms with van der Waals surface area (Å²) in [6.45, 7) is 3.32. The molecule has 0 saturated heterocycles. The molecule has 1 heterocycles. The van der Waals surface area contributed by atoms with Crippen LogP contribution in [0.1, 0.15) is 6.92 Å². The van der Waals surface area contributed by atoms with Crippen LogP contribution in [0.3, 0.4) is 0 Å². The molecule has 1 unspecified atom stereocenters. The summed E-state index contributed by atoms with van der Waals surface area (Å²) in [6.07, 6.45) is 1.20. The van der Waals surface area contributed by atoms with Gasteiger partial charge in [0.15, 0.2) is 0 Å². The van der Waals surface area contributed by atoms with Gasteiger partial charge in [-0.3, -0.25) is 15.1 Å². The van der Waals surface area contributed by atoms with E-state index >= 15 is 0 Å². The van der Waals surface area contributed by atoms with Gasteiger partial charge in [0.25, 0.3) is 0 Å². The maximum Gasteiger partial charge on any atom is 0.301 e. The Morgan fingerprint density at radius 3 is 2.90 bits per heavy atom. The van der Waals surface area contributed by atoms with Crippen LogP contribution in [0.25, 0.3) is 10.9 Å². The maximum atomic E-state index is 11.3. The first-order valence-corrected chi connectivity index (χ1v) is 6.74. The number of nitrogens with zero attached hydrogens (tertiary/aromatic N) is 2. The van der Waals surface area contributed by atoms with E-state index in [2.05, 4.69) is 15.6 Å². The second kappa shape index (κ2) is 6.96. The van der Waals surface area contributed by atoms with Crippen LogP contribution in [-0.4, -0.2) is 40.8 Å². The smallest absolute Gasteiger partial charge is 0.301 e. The fraction of sp³-hybridized carbons (Fsp3) is 0.357. The maximum absolute atomic E-state index is 11.3. The minimum Gasteiger partial charge on any atom is -0.392 e. The van der Waals surface area contributed by atoms with Crippen molar-refractivity contribution in [3.63, 3.8) is 0 Å². The summed E-state index contributed by atoms with van der Waals surface area (Å²) in [5.74, 6) is 0. The lowest BCUT2D eigenvalue weighted by atomic mass is 10.1. The molecule has 7 nitrogen and oxygen atoms in total. The largest absolute Gasteiger partial charge is 0.392 e. The van der Waals surface area contributed by atoms with Crippen LogP contribution < -0.4 is 10.6 Å². The number of rotatable bonds is 7. The fourth-order valence-corrected chi connectivity index (χ4v) is 2.07. The first-order chi connectivity index (χ1) is 10.1. The zero-order valence-electron chi connectivity index (χ0n) is 11.7. The van der Waals surface area contributed by atoms with Crippen LogP contribution in [0.4, 0.5) is 11.4 Å². The first-order valence-electron chi connectivity index (χ1n) is 6.74. The Morgan fingerprint density at radius 2 is 2.19 bits per heavy atom. The molecule has 1 aromatic carbocycles. The number of hydrogen-bond acceptors (Lipinski definition) is 6. The quantitative estimate of drug-likeness (QED) is 0.406. The van der Waals surface area contributed by atoms with Crippen molar-refractivity contribution in [2.75, 3.05) is 25.0 Å². The van der Waals surface area contributed by atoms with Gasteiger partial charge in [0.1, 0.15) is 5.69 Å². The monoisotopic (exact) mass is 290 g/mol. The second-order valence-electron chi connectivity index (χ2n) is 4.77. The van der Waals surface area contributed by atoms with Gasteiger partial charge in [0.05, 0.1) is 21.9 Å². The minimum absolute atomic E-state index is 0.0381. The third-order valence-corrected chi connectivity index (χ3v) is 3.00. The molecule has 0 amide bonds. The van der Waals surface area contributed by atoms with Crippen molar-refractivity contribution in [3.05, 3.63) is 40.6 Å². The SMILES string of the molecule is CC(O)CNCCNc1ccc2ncccc2c1[N+](=O)[O-]. The molecule has 0 aliphatic rings. The van der Waals surface area contributed by atoms with Gasteiger partial charge < -0.3 is 15.7 Å². The van der Waals surface area contributed by atoms with Crippen molar-refractivity contribution in [3.8, 4) is 0 Å². The normalized spacial score (nSPS) is 12.3. The Hall–Kier alpha value is -2.25. The second-order valence-corrected chi connectivity index (χ2v) is 4.77. The molecule has 2 aromatic rings. The minimum atomic E-state index is -0.411. The van der Waals surface area contributed by atoms with E-state index in [1.165, 1.54) is 0 Å². The molecule has 21 heavy (non-hydrogen) atoms. The number of aromatic nitrogens is 1. The standard InChI is InChI=1S/C14H18N4O3/c1-10(19)9-15-7-8-17-13-5-4-12-11(3-2-6-16-12)14(13)18(20)21/h2-6,10,15,17,19H,7-9H2,1H3. The van der Waals surface area contributed by atoms with Gasteiger partial charge in [-0.05, 0) is 31.2 Å². The molecule has 1 aromatic heterocycles. The Morgan fingerprint density at radius 1 is 1.38 bits per heavy atom. The number of aliphatic hydroxyl groups excluding tert-OH is 1. The molecule has 7 heteroatoms. The van der Waals surface area contributed by atoms with Gasteiger partial charge >= 0.3 is 5.69 Å². The van der Waals surface area contributed by atoms with Gasteiger partial charge in [-0.25, -0.2) is 0 Å². The predicted octanol–water partition coefficient (Wildman–Crippen LogP) is 1.53. The Labute approximate surface area is 122 Å². The molecule has 0 aliphatic carbocycles. The summed E-state index contributed by atoms with van der Waals surface area (Å²) in [4.78, 5) is 15.0. The average Bonchev–Trinajstić information content (AvgIpc) is 2.45. The molecule has 0 fully saturated rings. The van der Waals surface area contributed by atoms with Crippen LogP contribution >= 0.6 is 0 Å². The topological polar surface area (TPSA) is 100 Å². The molecular formula is C14H18N4O3. The summed E-state index contributed by atoms with van der Waals surface area (Å²) >= 11 is 0. The van der Waals surface area contributed by atoms with Crippen LogP contribution in [0.15, 0.2) is 30.5 Å². The van der Waals surface area contributed by atoms with Crippen molar-refractivity contribution >= 4 is 22.3 Å². The lowest BCUT2D eigenvalue weighted by Crippen LogP contribution is -2.29. The number of nitrogens with one attached hydrogen (secondary N) is 2. The molecular weight excluding hydrogens is 272 g/mol. The number of fused-ring (bicyclic) bond motifs is 1. The van der Waals surface area contributed by atoms with Crippen LogP contribution in [0, 0.1) is 10.1 Å². The highest BCUT2D eigenvalue weighted by Gasteiger charge is 2.18. The zero-order valence-corrected chi connectivity index (χ0v) is 11.7. The summed E-state index contributed by atoms with van der Waals surface area (Å²) < 4.78 is 0. The van der Waals surface area contributed by atoms with E-state index in [1.807, 2.05) is 0 Å². The Kier molecular flexibility index (Phi) is 5.02. The van der Waals surface area contributed by atoms with Crippen molar-refractivity contribution < 1.29 is 10.0 Å². The average molecular weight is 290 g/mol. The number of benzene rings is 1. The van der Waals surface area contributed by atoms with E-state index in [9.17, 15) is 10.1 Å². The number of pyridine rings is 1. The fourth-order valence-electron chi connectivity index (χ4n) is 2.07. The number of nitro benzene ring substituents is 1. The third-order valence-electron chi connectivity index (χ3n) is 3.00. The van der Waals surface area contributed by atoms with E-state index in [0.29, 0.717) is 36.2 Å². The molecule has 3 N–H and O–H groups in total. The molecule has 112 valence electrons. The summed E-state index contributed by atoms with van der Waals surface area (Å²) in [6, 6.07) is 6.80. The van der Waals surface area contributed by atoms with Gasteiger partial charge in [0, 0.05) is 25.8 Å². The van der Waals surface area contributed by atoms with Crippen molar-refractivity contribution in [1.29, 1.82) is 0 Å². The van der Waals surface area contributed by atoms with Crippen LogP contribution in [0.5, 0.6) is 0 Å². The van der Waals surface area contributed by atoms with E-state index in [-0.39, 0.29) is 5.69 Å². The lowest BCUT2D eigenvalue weighted by molar-refractivity contribution is -0.382. The van der Waals surface area contributed by atoms with E-state index in [4.69, 9.17) is 5.11 Å². The zero-order chi connectivity index (χ0) is 15.2. The number of nitro groups is 1. The lowest BCUT2D eigenvalue weighted by Gasteiger charge is -2.10. The Balaban J connectivity index is 2.12. The number of hydrogen-bond donors (Lipinski definition) is 3. The number of anilines is 1. The highest BCUT2D eigenvalue weighted by Crippen LogP contribution is 2.32. The molecule has 0 saturated carbocycles. The van der Waals surface area contributed by atoms with Gasteiger partial charge in [-0.1, -0.05) is 0 Å². The molecule has 0 aliphatic heterocycles. The summed E-state index contributed by atoms with van der Waals surface area (Å²) in [5.41, 5.74) is 1.11. The van der Waals surface area contributed by atoms with Gasteiger partial charge in [-0.15, -0.1) is 0 Å². The highest BCUT2D eigenvalue weighted by molar-refractivity contribution is 5.94. The van der Waals surface area contributed by atoms with E-state index in [1.54, 1.807) is 37.4 Å². The van der Waals surface area contributed by atoms with Crippen LogP contribution in [0.2, 0.25) is 0 Å². The molecule has 0 spiro atoms. The van der Waals surface area contributed by atoms with Crippen LogP contribution in [-0.2, 0) is 0 Å². The van der Waals surface area contributed by atoms with Gasteiger partial charge in [0.2, 0.25) is 0 Å². The number of aliphatic hydroxyl groups is 1. The molecule has 0 bridgehead atoms. The molecule has 0 radical (unpaired) electrons. The van der Waals surface area contributed by atoms with E-state index in [0.717, 1.165) is 0 Å². The summed E-state index contributed by atoms with van der Waals surface area (Å²) in [5, 5.41) is 27.0. The highest BCUT2D eigenvalue weighted by atomic mass is 16.6. The van der Waals surface area contributed by atoms with E-state index < -0.39 is 11.0 Å². The van der Waals surface area contributed by atoms with Gasteiger partial charge in [-0.2, -0.15) is 0 Å². The first kappa shape index (κ1) is 15.1. The predicted molar refractivity (Wildman–Crippen MR) is 81.4 cm³/mol. The third kappa shape index (κ3) is 3.87. The van der Waals surface area contributed by atoms with Crippen molar-refractivity contribution in [2.45, 2.75) is 13.0 Å². The summed E-state index contributed by atoms with van der Waals surface area (Å²) in [7, 11) is 0.